The summed E-state index contributed by atoms with van der Waals surface area (Å²) in [6, 6.07) is 8.50. The first-order chi connectivity index (χ1) is 9.81. The Kier molecular flexibility index (Phi) is 4.33. The third-order valence-electron chi connectivity index (χ3n) is 4.13. The molecular formula is C16H22N2O2. The molecule has 0 bridgehead atoms. The maximum Gasteiger partial charge on any atom is 0.234 e. The maximum atomic E-state index is 12.0. The van der Waals surface area contributed by atoms with E-state index in [-0.39, 0.29) is 12.0 Å². The Hall–Kier alpha value is -1.39. The second-order valence-electron chi connectivity index (χ2n) is 5.67. The minimum Gasteiger partial charge on any atom is -0.376 e. The first-order valence-electron chi connectivity index (χ1n) is 7.49. The summed E-state index contributed by atoms with van der Waals surface area (Å²) in [6.45, 7) is 3.82. The molecule has 0 aromatic heterocycles. The topological polar surface area (TPSA) is 41.6 Å². The normalized spacial score (nSPS) is 22.5. The Morgan fingerprint density at radius 2 is 2.20 bits per heavy atom. The van der Waals surface area contributed by atoms with Crippen LogP contribution in [0, 0.1) is 0 Å². The molecule has 1 fully saturated rings. The van der Waals surface area contributed by atoms with Gasteiger partial charge >= 0.3 is 0 Å². The molecule has 1 saturated heterocycles. The van der Waals surface area contributed by atoms with E-state index in [1.165, 1.54) is 11.1 Å². The molecule has 2 heterocycles. The van der Waals surface area contributed by atoms with Crippen LogP contribution in [0.5, 0.6) is 0 Å². The van der Waals surface area contributed by atoms with Crippen molar-refractivity contribution < 1.29 is 9.53 Å². The van der Waals surface area contributed by atoms with Crippen molar-refractivity contribution in [3.8, 4) is 0 Å². The van der Waals surface area contributed by atoms with Crippen LogP contribution in [0.1, 0.15) is 24.0 Å². The lowest BCUT2D eigenvalue weighted by atomic mass is 10.00. The van der Waals surface area contributed by atoms with Crippen LogP contribution in [-0.2, 0) is 22.5 Å². The van der Waals surface area contributed by atoms with Gasteiger partial charge in [-0.3, -0.25) is 9.69 Å². The van der Waals surface area contributed by atoms with Gasteiger partial charge in [-0.25, -0.2) is 0 Å². The Labute approximate surface area is 120 Å². The lowest BCUT2D eigenvalue weighted by Crippen LogP contribution is -2.41. The number of ether oxygens (including phenoxy) is 1. The predicted molar refractivity (Wildman–Crippen MR) is 77.4 cm³/mol. The molecule has 2 aliphatic heterocycles. The van der Waals surface area contributed by atoms with Crippen molar-refractivity contribution in [3.63, 3.8) is 0 Å². The van der Waals surface area contributed by atoms with Crippen LogP contribution < -0.4 is 5.32 Å². The van der Waals surface area contributed by atoms with Crippen LogP contribution >= 0.6 is 0 Å². The molecule has 0 spiro atoms. The summed E-state index contributed by atoms with van der Waals surface area (Å²) in [5.41, 5.74) is 2.77. The summed E-state index contributed by atoms with van der Waals surface area (Å²) < 4.78 is 5.51. The molecule has 3 rings (SSSR count). The Morgan fingerprint density at radius 3 is 3.00 bits per heavy atom. The van der Waals surface area contributed by atoms with Gasteiger partial charge in [-0.2, -0.15) is 0 Å². The molecule has 1 atom stereocenters. The van der Waals surface area contributed by atoms with E-state index in [0.717, 1.165) is 39.0 Å². The van der Waals surface area contributed by atoms with Gasteiger partial charge in [-0.1, -0.05) is 24.3 Å². The van der Waals surface area contributed by atoms with Gasteiger partial charge in [0.15, 0.2) is 0 Å². The van der Waals surface area contributed by atoms with Crippen LogP contribution in [0.3, 0.4) is 0 Å². The second-order valence-corrected chi connectivity index (χ2v) is 5.67. The number of carbonyl (C=O) groups is 1. The first kappa shape index (κ1) is 13.6. The molecule has 2 aliphatic rings. The highest BCUT2D eigenvalue weighted by Crippen LogP contribution is 2.18. The molecule has 0 radical (unpaired) electrons. The molecule has 1 aromatic rings. The van der Waals surface area contributed by atoms with Gasteiger partial charge in [-0.05, 0) is 30.4 Å². The second kappa shape index (κ2) is 6.37. The smallest absolute Gasteiger partial charge is 0.234 e. The quantitative estimate of drug-likeness (QED) is 0.901. The summed E-state index contributed by atoms with van der Waals surface area (Å²) in [4.78, 5) is 14.2. The molecule has 1 N–H and O–H groups in total. The fraction of sp³-hybridized carbons (Fsp3) is 0.562. The summed E-state index contributed by atoms with van der Waals surface area (Å²) in [6.07, 6.45) is 3.44. The number of hydrogen-bond acceptors (Lipinski definition) is 3. The Morgan fingerprint density at radius 1 is 1.35 bits per heavy atom. The number of carbonyl (C=O) groups excluding carboxylic acids is 1. The van der Waals surface area contributed by atoms with E-state index < -0.39 is 0 Å². The highest BCUT2D eigenvalue weighted by atomic mass is 16.5. The number of nitrogens with one attached hydrogen (secondary N) is 1. The molecule has 0 saturated carbocycles. The molecule has 4 heteroatoms. The number of amides is 1. The summed E-state index contributed by atoms with van der Waals surface area (Å²) in [5, 5.41) is 2.99. The number of benzene rings is 1. The van der Waals surface area contributed by atoms with Crippen LogP contribution in [0.4, 0.5) is 0 Å². The Balaban J connectivity index is 1.45. The Bertz CT molecular complexity index is 469. The lowest BCUT2D eigenvalue weighted by molar-refractivity contribution is -0.123. The highest BCUT2D eigenvalue weighted by molar-refractivity contribution is 5.78. The van der Waals surface area contributed by atoms with Crippen molar-refractivity contribution in [2.75, 3.05) is 26.2 Å². The van der Waals surface area contributed by atoms with Crippen molar-refractivity contribution >= 4 is 5.91 Å². The van der Waals surface area contributed by atoms with Gasteiger partial charge in [0.1, 0.15) is 0 Å². The van der Waals surface area contributed by atoms with Gasteiger partial charge in [-0.15, -0.1) is 0 Å². The van der Waals surface area contributed by atoms with Gasteiger partial charge in [0, 0.05) is 26.2 Å². The minimum absolute atomic E-state index is 0.111. The van der Waals surface area contributed by atoms with Crippen LogP contribution in [-0.4, -0.2) is 43.2 Å². The number of fused-ring (bicyclic) bond motifs is 1. The van der Waals surface area contributed by atoms with Crippen LogP contribution in [0.2, 0.25) is 0 Å². The number of rotatable bonds is 4. The van der Waals surface area contributed by atoms with E-state index in [1.54, 1.807) is 0 Å². The zero-order chi connectivity index (χ0) is 13.8. The van der Waals surface area contributed by atoms with E-state index in [0.29, 0.717) is 13.1 Å². The first-order valence-corrected chi connectivity index (χ1v) is 7.49. The SMILES string of the molecule is O=C(CN1CCc2ccccc2C1)NC[C@@H]1CCCO1. The van der Waals surface area contributed by atoms with Crippen molar-refractivity contribution in [1.82, 2.24) is 10.2 Å². The third-order valence-corrected chi connectivity index (χ3v) is 4.13. The van der Waals surface area contributed by atoms with Gasteiger partial charge in [0.2, 0.25) is 5.91 Å². The van der Waals surface area contributed by atoms with Gasteiger partial charge < -0.3 is 10.1 Å². The van der Waals surface area contributed by atoms with E-state index in [4.69, 9.17) is 4.74 Å². The van der Waals surface area contributed by atoms with Crippen molar-refractivity contribution in [1.29, 1.82) is 0 Å². The van der Waals surface area contributed by atoms with E-state index in [2.05, 4.69) is 34.5 Å². The summed E-state index contributed by atoms with van der Waals surface area (Å²) in [5.74, 6) is 0.111. The molecule has 4 nitrogen and oxygen atoms in total. The van der Waals surface area contributed by atoms with Gasteiger partial charge in [0.25, 0.3) is 0 Å². The van der Waals surface area contributed by atoms with Crippen LogP contribution in [0.15, 0.2) is 24.3 Å². The lowest BCUT2D eigenvalue weighted by Gasteiger charge is -2.28. The largest absolute Gasteiger partial charge is 0.376 e. The van der Waals surface area contributed by atoms with Gasteiger partial charge in [0.05, 0.1) is 12.6 Å². The molecule has 0 unspecified atom stereocenters. The highest BCUT2D eigenvalue weighted by Gasteiger charge is 2.19. The van der Waals surface area contributed by atoms with E-state index in [1.807, 2.05) is 0 Å². The maximum absolute atomic E-state index is 12.0. The average molecular weight is 274 g/mol. The zero-order valence-corrected chi connectivity index (χ0v) is 11.8. The van der Waals surface area contributed by atoms with Crippen molar-refractivity contribution in [3.05, 3.63) is 35.4 Å². The third kappa shape index (κ3) is 3.38. The van der Waals surface area contributed by atoms with Crippen molar-refractivity contribution in [2.24, 2.45) is 0 Å². The number of nitrogens with zero attached hydrogens (tertiary/aromatic N) is 1. The fourth-order valence-corrected chi connectivity index (χ4v) is 2.98. The minimum atomic E-state index is 0.111. The van der Waals surface area contributed by atoms with Crippen LogP contribution in [0.25, 0.3) is 0 Å². The molecule has 1 aromatic carbocycles. The molecule has 1 amide bonds. The molecular weight excluding hydrogens is 252 g/mol. The summed E-state index contributed by atoms with van der Waals surface area (Å²) >= 11 is 0. The average Bonchev–Trinajstić information content (AvgIpc) is 2.98. The molecule has 0 aliphatic carbocycles. The monoisotopic (exact) mass is 274 g/mol. The van der Waals surface area contributed by atoms with Crippen molar-refractivity contribution in [2.45, 2.75) is 31.9 Å². The fourth-order valence-electron chi connectivity index (χ4n) is 2.98. The van der Waals surface area contributed by atoms with E-state index >= 15 is 0 Å². The number of hydrogen-bond donors (Lipinski definition) is 1. The predicted octanol–water partition coefficient (Wildman–Crippen LogP) is 1.34. The van der Waals surface area contributed by atoms with E-state index in [9.17, 15) is 4.79 Å². The molecule has 20 heavy (non-hydrogen) atoms. The summed E-state index contributed by atoms with van der Waals surface area (Å²) in [7, 11) is 0. The molecule has 108 valence electrons. The standard InChI is InChI=1S/C16H22N2O2/c19-16(17-10-15-6-3-9-20-15)12-18-8-7-13-4-1-2-5-14(13)11-18/h1-2,4-5,15H,3,6-12H2,(H,17,19)/t15-/m0/s1. The zero-order valence-electron chi connectivity index (χ0n) is 11.8.